The van der Waals surface area contributed by atoms with Crippen LogP contribution in [0.1, 0.15) is 42.6 Å². The largest absolute Gasteiger partial charge is 0.356 e. The second-order valence-electron chi connectivity index (χ2n) is 6.96. The summed E-state index contributed by atoms with van der Waals surface area (Å²) >= 11 is 0. The van der Waals surface area contributed by atoms with Gasteiger partial charge in [0.2, 0.25) is 10.0 Å². The van der Waals surface area contributed by atoms with Crippen molar-refractivity contribution in [1.29, 1.82) is 0 Å². The lowest BCUT2D eigenvalue weighted by atomic mass is 10.1. The van der Waals surface area contributed by atoms with Gasteiger partial charge in [0.15, 0.2) is 0 Å². The van der Waals surface area contributed by atoms with Gasteiger partial charge < -0.3 is 15.2 Å². The second-order valence-corrected chi connectivity index (χ2v) is 8.80. The molecule has 1 amide bonds. The highest BCUT2D eigenvalue weighted by atomic mass is 35.5. The second kappa shape index (κ2) is 7.26. The summed E-state index contributed by atoms with van der Waals surface area (Å²) in [5, 5.41) is 3.32. The van der Waals surface area contributed by atoms with E-state index in [0.29, 0.717) is 12.2 Å². The third kappa shape index (κ3) is 3.32. The van der Waals surface area contributed by atoms with E-state index in [1.165, 1.54) is 12.3 Å². The number of amides is 1. The van der Waals surface area contributed by atoms with Crippen LogP contribution in [-0.2, 0) is 10.0 Å². The maximum Gasteiger partial charge on any atom is 0.270 e. The topological polar surface area (TPSA) is 85.5 Å². The SMILES string of the molecule is Cl.O=C(c1cc(S(=O)(=O)N2C3CCNCC2CC3)c[nH]1)N1CCCC1. The average molecular weight is 389 g/mol. The number of fused-ring (bicyclic) bond motifs is 2. The zero-order valence-corrected chi connectivity index (χ0v) is 15.7. The molecule has 2 unspecified atom stereocenters. The smallest absolute Gasteiger partial charge is 0.270 e. The molecule has 7 nitrogen and oxygen atoms in total. The molecule has 0 radical (unpaired) electrons. The number of aromatic nitrogens is 1. The van der Waals surface area contributed by atoms with Crippen LogP contribution in [0.2, 0.25) is 0 Å². The number of aromatic amines is 1. The van der Waals surface area contributed by atoms with Gasteiger partial charge in [-0.3, -0.25) is 4.79 Å². The third-order valence-corrected chi connectivity index (χ3v) is 7.43. The Morgan fingerprint density at radius 1 is 1.12 bits per heavy atom. The van der Waals surface area contributed by atoms with Crippen molar-refractivity contribution in [3.8, 4) is 0 Å². The first-order valence-electron chi connectivity index (χ1n) is 8.79. The third-order valence-electron chi connectivity index (χ3n) is 5.44. The monoisotopic (exact) mass is 388 g/mol. The van der Waals surface area contributed by atoms with E-state index in [9.17, 15) is 13.2 Å². The van der Waals surface area contributed by atoms with Gasteiger partial charge in [-0.1, -0.05) is 0 Å². The van der Waals surface area contributed by atoms with Crippen molar-refractivity contribution >= 4 is 28.3 Å². The Labute approximate surface area is 154 Å². The van der Waals surface area contributed by atoms with Crippen molar-refractivity contribution in [1.82, 2.24) is 19.5 Å². The predicted octanol–water partition coefficient (Wildman–Crippen LogP) is 1.19. The van der Waals surface area contributed by atoms with E-state index >= 15 is 0 Å². The van der Waals surface area contributed by atoms with Gasteiger partial charge in [-0.2, -0.15) is 4.31 Å². The predicted molar refractivity (Wildman–Crippen MR) is 96.5 cm³/mol. The highest BCUT2D eigenvalue weighted by Crippen LogP contribution is 2.34. The zero-order chi connectivity index (χ0) is 16.7. The van der Waals surface area contributed by atoms with Gasteiger partial charge in [0.25, 0.3) is 5.91 Å². The fourth-order valence-electron chi connectivity index (χ4n) is 4.19. The van der Waals surface area contributed by atoms with Crippen LogP contribution >= 0.6 is 12.4 Å². The van der Waals surface area contributed by atoms with Gasteiger partial charge in [-0.05, 0) is 44.7 Å². The number of carbonyl (C=O) groups is 1. The summed E-state index contributed by atoms with van der Waals surface area (Å²) in [6.45, 7) is 3.07. The van der Waals surface area contributed by atoms with E-state index < -0.39 is 10.0 Å². The lowest BCUT2D eigenvalue weighted by Gasteiger charge is -2.26. The Morgan fingerprint density at radius 3 is 2.60 bits per heavy atom. The van der Waals surface area contributed by atoms with Crippen LogP contribution < -0.4 is 5.32 Å². The first-order chi connectivity index (χ1) is 11.6. The molecule has 4 heterocycles. The lowest BCUT2D eigenvalue weighted by molar-refractivity contribution is 0.0787. The summed E-state index contributed by atoms with van der Waals surface area (Å²) in [4.78, 5) is 17.3. The van der Waals surface area contributed by atoms with Gasteiger partial charge in [0, 0.05) is 37.9 Å². The quantitative estimate of drug-likeness (QED) is 0.814. The van der Waals surface area contributed by atoms with E-state index in [2.05, 4.69) is 10.3 Å². The van der Waals surface area contributed by atoms with Crippen molar-refractivity contribution in [2.24, 2.45) is 0 Å². The molecule has 2 atom stereocenters. The summed E-state index contributed by atoms with van der Waals surface area (Å²) < 4.78 is 27.9. The molecule has 3 saturated heterocycles. The minimum Gasteiger partial charge on any atom is -0.356 e. The zero-order valence-electron chi connectivity index (χ0n) is 14.1. The number of halogens is 1. The van der Waals surface area contributed by atoms with Crippen LogP contribution in [0.4, 0.5) is 0 Å². The molecule has 1 aromatic rings. The number of likely N-dealkylation sites (tertiary alicyclic amines) is 1. The molecule has 0 spiro atoms. The van der Waals surface area contributed by atoms with Gasteiger partial charge in [0.1, 0.15) is 10.6 Å². The number of carbonyl (C=O) groups excluding carboxylic acids is 1. The van der Waals surface area contributed by atoms with Crippen molar-refractivity contribution in [3.05, 3.63) is 18.0 Å². The Bertz CT molecular complexity index is 715. The molecule has 25 heavy (non-hydrogen) atoms. The molecule has 3 aliphatic rings. The molecule has 2 bridgehead atoms. The van der Waals surface area contributed by atoms with Crippen LogP contribution in [0.3, 0.4) is 0 Å². The number of nitrogens with one attached hydrogen (secondary N) is 2. The fourth-order valence-corrected chi connectivity index (χ4v) is 6.08. The molecular weight excluding hydrogens is 364 g/mol. The Morgan fingerprint density at radius 2 is 1.84 bits per heavy atom. The number of rotatable bonds is 3. The van der Waals surface area contributed by atoms with Crippen LogP contribution in [-0.4, -0.2) is 66.8 Å². The van der Waals surface area contributed by atoms with Gasteiger partial charge >= 0.3 is 0 Å². The number of hydrogen-bond donors (Lipinski definition) is 2. The van der Waals surface area contributed by atoms with E-state index in [4.69, 9.17) is 0 Å². The van der Waals surface area contributed by atoms with Gasteiger partial charge in [-0.15, -0.1) is 12.4 Å². The Kier molecular flexibility index (Phi) is 5.43. The number of sulfonamides is 1. The van der Waals surface area contributed by atoms with Crippen LogP contribution in [0.25, 0.3) is 0 Å². The molecule has 3 aliphatic heterocycles. The molecule has 1 aromatic heterocycles. The summed E-state index contributed by atoms with van der Waals surface area (Å²) in [6, 6.07) is 1.60. The van der Waals surface area contributed by atoms with E-state index in [1.807, 2.05) is 0 Å². The van der Waals surface area contributed by atoms with Crippen LogP contribution in [0.5, 0.6) is 0 Å². The first-order valence-corrected chi connectivity index (χ1v) is 10.2. The van der Waals surface area contributed by atoms with Crippen molar-refractivity contribution in [3.63, 3.8) is 0 Å². The molecule has 0 aromatic carbocycles. The van der Waals surface area contributed by atoms with E-state index in [0.717, 1.165) is 51.7 Å². The molecule has 4 rings (SSSR count). The standard InChI is InChI=1S/C16H24N4O3S.ClH/c21-16(19-7-1-2-8-19)15-9-14(11-18-15)24(22,23)20-12-3-4-13(20)10-17-6-5-12;/h9,11-13,17-18H,1-8,10H2;1H. The van der Waals surface area contributed by atoms with Gasteiger partial charge in [0.05, 0.1) is 0 Å². The Hall–Kier alpha value is -1.09. The molecular formula is C16H25ClN4O3S. The molecule has 3 fully saturated rings. The summed E-state index contributed by atoms with van der Waals surface area (Å²) in [5.41, 5.74) is 0.371. The van der Waals surface area contributed by atoms with Crippen molar-refractivity contribution in [2.75, 3.05) is 26.2 Å². The Balaban J connectivity index is 0.00000182. The highest BCUT2D eigenvalue weighted by Gasteiger charge is 2.43. The van der Waals surface area contributed by atoms with Gasteiger partial charge in [-0.25, -0.2) is 8.42 Å². The minimum atomic E-state index is -3.57. The van der Waals surface area contributed by atoms with Crippen LogP contribution in [0.15, 0.2) is 17.2 Å². The van der Waals surface area contributed by atoms with E-state index in [1.54, 1.807) is 9.21 Å². The van der Waals surface area contributed by atoms with E-state index in [-0.39, 0.29) is 35.3 Å². The minimum absolute atomic E-state index is 0. The summed E-state index contributed by atoms with van der Waals surface area (Å²) in [7, 11) is -3.57. The maximum atomic E-state index is 13.1. The number of H-pyrrole nitrogens is 1. The molecule has 0 aliphatic carbocycles. The summed E-state index contributed by atoms with van der Waals surface area (Å²) in [6.07, 6.45) is 6.18. The summed E-state index contributed by atoms with van der Waals surface area (Å²) in [5.74, 6) is -0.102. The van der Waals surface area contributed by atoms with Crippen LogP contribution in [0, 0.1) is 0 Å². The highest BCUT2D eigenvalue weighted by molar-refractivity contribution is 7.89. The maximum absolute atomic E-state index is 13.1. The fraction of sp³-hybridized carbons (Fsp3) is 0.688. The molecule has 2 N–H and O–H groups in total. The van der Waals surface area contributed by atoms with Crippen molar-refractivity contribution < 1.29 is 13.2 Å². The number of hydrogen-bond acceptors (Lipinski definition) is 4. The molecule has 9 heteroatoms. The normalized spacial score (nSPS) is 27.1. The average Bonchev–Trinajstić information content (AvgIpc) is 3.25. The first kappa shape index (κ1) is 18.7. The molecule has 0 saturated carbocycles. The van der Waals surface area contributed by atoms with Crippen molar-refractivity contribution in [2.45, 2.75) is 49.1 Å². The lowest BCUT2D eigenvalue weighted by Crippen LogP contribution is -2.42. The number of nitrogens with zero attached hydrogens (tertiary/aromatic N) is 2. The molecule has 140 valence electrons.